The molecule has 0 fully saturated rings. The highest BCUT2D eigenvalue weighted by molar-refractivity contribution is 7.09. The first-order valence-electron chi connectivity index (χ1n) is 6.75. The van der Waals surface area contributed by atoms with Crippen molar-refractivity contribution in [3.05, 3.63) is 51.5 Å². The summed E-state index contributed by atoms with van der Waals surface area (Å²) in [6, 6.07) is 3.05. The molecule has 0 spiro atoms. The topological polar surface area (TPSA) is 42.2 Å². The van der Waals surface area contributed by atoms with Crippen LogP contribution in [0.5, 0.6) is 0 Å². The Balaban J connectivity index is 1.86. The summed E-state index contributed by atoms with van der Waals surface area (Å²) in [5.74, 6) is -1.18. The van der Waals surface area contributed by atoms with Gasteiger partial charge in [0.15, 0.2) is 0 Å². The lowest BCUT2D eigenvalue weighted by Crippen LogP contribution is -2.23. The molecule has 0 aliphatic rings. The average Bonchev–Trinajstić information content (AvgIpc) is 2.80. The maximum atomic E-state index is 13.2. The Hall–Kier alpha value is -1.37. The van der Waals surface area contributed by atoms with Crippen LogP contribution in [0.3, 0.4) is 0 Å². The number of aromatic nitrogens is 1. The van der Waals surface area contributed by atoms with Gasteiger partial charge in [0, 0.05) is 30.6 Å². The number of benzene rings is 1. The van der Waals surface area contributed by atoms with Crippen LogP contribution < -0.4 is 5.73 Å². The molecule has 0 saturated heterocycles. The number of hydrogen-bond acceptors (Lipinski definition) is 4. The Morgan fingerprint density at radius 1 is 1.29 bits per heavy atom. The van der Waals surface area contributed by atoms with Gasteiger partial charge in [0.05, 0.1) is 10.7 Å². The predicted octanol–water partition coefficient (Wildman–Crippen LogP) is 3.25. The summed E-state index contributed by atoms with van der Waals surface area (Å²) < 4.78 is 26.3. The molecule has 0 aliphatic heterocycles. The molecule has 0 saturated carbocycles. The van der Waals surface area contributed by atoms with Gasteiger partial charge < -0.3 is 10.6 Å². The molecule has 2 rings (SSSR count). The lowest BCUT2D eigenvalue weighted by Gasteiger charge is -2.19. The van der Waals surface area contributed by atoms with Crippen molar-refractivity contribution in [2.45, 2.75) is 25.9 Å². The number of thiazole rings is 1. The number of hydrogen-bond donors (Lipinski definition) is 1. The van der Waals surface area contributed by atoms with Gasteiger partial charge in [-0.1, -0.05) is 0 Å². The summed E-state index contributed by atoms with van der Waals surface area (Å²) in [7, 11) is 1.98. The van der Waals surface area contributed by atoms with Crippen LogP contribution in [0.4, 0.5) is 8.78 Å². The van der Waals surface area contributed by atoms with Gasteiger partial charge in [0.25, 0.3) is 0 Å². The number of halogens is 2. The Morgan fingerprint density at radius 2 is 1.95 bits per heavy atom. The summed E-state index contributed by atoms with van der Waals surface area (Å²) in [6.07, 6.45) is 0.627. The SMILES string of the molecule is Cc1nc(CN(C)CCC(N)c2cc(F)cc(F)c2)cs1. The molecule has 2 aromatic rings. The van der Waals surface area contributed by atoms with Crippen molar-refractivity contribution in [1.82, 2.24) is 9.88 Å². The minimum atomic E-state index is -0.591. The molecule has 0 aliphatic carbocycles. The number of nitrogens with zero attached hydrogens (tertiary/aromatic N) is 2. The minimum absolute atomic E-state index is 0.380. The third kappa shape index (κ3) is 4.84. The van der Waals surface area contributed by atoms with Crippen molar-refractivity contribution < 1.29 is 8.78 Å². The van der Waals surface area contributed by atoms with E-state index in [1.54, 1.807) is 11.3 Å². The van der Waals surface area contributed by atoms with Crippen LogP contribution in [-0.4, -0.2) is 23.5 Å². The van der Waals surface area contributed by atoms with Crippen molar-refractivity contribution >= 4 is 11.3 Å². The van der Waals surface area contributed by atoms with Crippen molar-refractivity contribution in [3.63, 3.8) is 0 Å². The highest BCUT2D eigenvalue weighted by Gasteiger charge is 2.11. The summed E-state index contributed by atoms with van der Waals surface area (Å²) in [5.41, 5.74) is 7.53. The second kappa shape index (κ2) is 7.06. The van der Waals surface area contributed by atoms with Crippen LogP contribution in [0.1, 0.15) is 28.7 Å². The molecule has 1 aromatic carbocycles. The second-order valence-corrected chi connectivity index (χ2v) is 6.26. The number of nitrogens with two attached hydrogens (primary N) is 1. The normalized spacial score (nSPS) is 12.9. The molecule has 2 N–H and O–H groups in total. The molecule has 114 valence electrons. The fraction of sp³-hybridized carbons (Fsp3) is 0.400. The van der Waals surface area contributed by atoms with E-state index in [2.05, 4.69) is 9.88 Å². The zero-order valence-corrected chi connectivity index (χ0v) is 13.0. The van der Waals surface area contributed by atoms with E-state index in [-0.39, 0.29) is 6.04 Å². The van der Waals surface area contributed by atoms with Crippen LogP contribution in [0.25, 0.3) is 0 Å². The number of rotatable bonds is 6. The third-order valence-corrected chi connectivity index (χ3v) is 4.06. The molecule has 1 atom stereocenters. The standard InChI is InChI=1S/C15H19F2N3S/c1-10-19-14(9-21-10)8-20(2)4-3-15(18)11-5-12(16)7-13(17)6-11/h5-7,9,15H,3-4,8,18H2,1-2H3. The van der Waals surface area contributed by atoms with E-state index in [0.29, 0.717) is 12.0 Å². The zero-order valence-electron chi connectivity index (χ0n) is 12.1. The Labute approximate surface area is 127 Å². The van der Waals surface area contributed by atoms with Crippen LogP contribution in [0, 0.1) is 18.6 Å². The third-order valence-electron chi connectivity index (χ3n) is 3.23. The second-order valence-electron chi connectivity index (χ2n) is 5.19. The molecule has 1 unspecified atom stereocenters. The van der Waals surface area contributed by atoms with E-state index in [1.807, 2.05) is 19.4 Å². The molecule has 0 amide bonds. The van der Waals surface area contributed by atoms with Crippen molar-refractivity contribution in [2.24, 2.45) is 5.73 Å². The van der Waals surface area contributed by atoms with E-state index in [4.69, 9.17) is 5.73 Å². The Kier molecular flexibility index (Phi) is 5.39. The highest BCUT2D eigenvalue weighted by Crippen LogP contribution is 2.18. The minimum Gasteiger partial charge on any atom is -0.324 e. The molecule has 21 heavy (non-hydrogen) atoms. The van der Waals surface area contributed by atoms with Crippen LogP contribution in [0.2, 0.25) is 0 Å². The maximum absolute atomic E-state index is 13.2. The van der Waals surface area contributed by atoms with Gasteiger partial charge >= 0.3 is 0 Å². The fourth-order valence-corrected chi connectivity index (χ4v) is 2.76. The lowest BCUT2D eigenvalue weighted by atomic mass is 10.0. The first-order valence-corrected chi connectivity index (χ1v) is 7.63. The molecule has 1 heterocycles. The molecular formula is C15H19F2N3S. The van der Waals surface area contributed by atoms with Gasteiger partial charge in [-0.15, -0.1) is 11.3 Å². The van der Waals surface area contributed by atoms with Gasteiger partial charge in [0.2, 0.25) is 0 Å². The van der Waals surface area contributed by atoms with E-state index in [1.165, 1.54) is 12.1 Å². The van der Waals surface area contributed by atoms with Gasteiger partial charge in [-0.05, 0) is 38.1 Å². The Morgan fingerprint density at radius 3 is 2.52 bits per heavy atom. The smallest absolute Gasteiger partial charge is 0.126 e. The van der Waals surface area contributed by atoms with Crippen LogP contribution in [-0.2, 0) is 6.54 Å². The summed E-state index contributed by atoms with van der Waals surface area (Å²) >= 11 is 1.63. The largest absolute Gasteiger partial charge is 0.324 e. The van der Waals surface area contributed by atoms with E-state index >= 15 is 0 Å². The fourth-order valence-electron chi connectivity index (χ4n) is 2.15. The molecule has 1 aromatic heterocycles. The molecular weight excluding hydrogens is 292 g/mol. The zero-order chi connectivity index (χ0) is 15.4. The highest BCUT2D eigenvalue weighted by atomic mass is 32.1. The van der Waals surface area contributed by atoms with Crippen LogP contribution in [0.15, 0.2) is 23.6 Å². The quantitative estimate of drug-likeness (QED) is 0.890. The summed E-state index contributed by atoms with van der Waals surface area (Å²) in [6.45, 7) is 3.45. The van der Waals surface area contributed by atoms with E-state index in [0.717, 1.165) is 29.9 Å². The van der Waals surface area contributed by atoms with Crippen LogP contribution >= 0.6 is 11.3 Å². The van der Waals surface area contributed by atoms with E-state index in [9.17, 15) is 8.78 Å². The predicted molar refractivity (Wildman–Crippen MR) is 81.1 cm³/mol. The monoisotopic (exact) mass is 311 g/mol. The molecule has 3 nitrogen and oxygen atoms in total. The summed E-state index contributed by atoms with van der Waals surface area (Å²) in [5, 5.41) is 3.08. The average molecular weight is 311 g/mol. The molecule has 0 radical (unpaired) electrons. The lowest BCUT2D eigenvalue weighted by molar-refractivity contribution is 0.308. The first kappa shape index (κ1) is 16.0. The maximum Gasteiger partial charge on any atom is 0.126 e. The Bertz CT molecular complexity index is 580. The van der Waals surface area contributed by atoms with Gasteiger partial charge in [-0.2, -0.15) is 0 Å². The van der Waals surface area contributed by atoms with Gasteiger partial charge in [-0.3, -0.25) is 0 Å². The molecule has 0 bridgehead atoms. The van der Waals surface area contributed by atoms with Gasteiger partial charge in [0.1, 0.15) is 11.6 Å². The van der Waals surface area contributed by atoms with E-state index < -0.39 is 11.6 Å². The first-order chi connectivity index (χ1) is 9.94. The van der Waals surface area contributed by atoms with Crippen molar-refractivity contribution in [1.29, 1.82) is 0 Å². The van der Waals surface area contributed by atoms with Crippen molar-refractivity contribution in [3.8, 4) is 0 Å². The summed E-state index contributed by atoms with van der Waals surface area (Å²) in [4.78, 5) is 6.51. The number of aryl methyl sites for hydroxylation is 1. The van der Waals surface area contributed by atoms with Gasteiger partial charge in [-0.25, -0.2) is 13.8 Å². The van der Waals surface area contributed by atoms with Crippen molar-refractivity contribution in [2.75, 3.05) is 13.6 Å². The molecule has 6 heteroatoms.